The summed E-state index contributed by atoms with van der Waals surface area (Å²) in [4.78, 5) is 37.6. The average molecular weight is 351 g/mol. The van der Waals surface area contributed by atoms with E-state index in [-0.39, 0.29) is 40.6 Å². The smallest absolute Gasteiger partial charge is 0.343 e. The van der Waals surface area contributed by atoms with E-state index < -0.39 is 12.6 Å². The molecule has 1 aromatic rings. The van der Waals surface area contributed by atoms with Gasteiger partial charge in [-0.25, -0.2) is 4.79 Å². The number of carbonyl (C=O) groups excluding carboxylic acids is 3. The summed E-state index contributed by atoms with van der Waals surface area (Å²) in [6.45, 7) is 7.11. The first-order valence-corrected chi connectivity index (χ1v) is 7.96. The molecule has 0 heterocycles. The first kappa shape index (κ1) is 20.5. The van der Waals surface area contributed by atoms with Gasteiger partial charge in [0.2, 0.25) is 0 Å². The lowest BCUT2D eigenvalue weighted by molar-refractivity contribution is -0.138. The number of benzene rings is 1. The zero-order valence-corrected chi connectivity index (χ0v) is 15.5. The van der Waals surface area contributed by atoms with Crippen molar-refractivity contribution in [2.45, 2.75) is 39.8 Å². The third-order valence-electron chi connectivity index (χ3n) is 3.64. The average Bonchev–Trinajstić information content (AvgIpc) is 2.57. The van der Waals surface area contributed by atoms with E-state index in [1.165, 1.54) is 26.4 Å². The summed E-state index contributed by atoms with van der Waals surface area (Å²) in [7, 11) is 2.77. The normalized spacial score (nSPS) is 10.6. The molecule has 25 heavy (non-hydrogen) atoms. The van der Waals surface area contributed by atoms with Crippen LogP contribution in [-0.4, -0.2) is 56.0 Å². The highest BCUT2D eigenvalue weighted by molar-refractivity contribution is 6.02. The van der Waals surface area contributed by atoms with Crippen LogP contribution in [0.25, 0.3) is 0 Å². The number of ether oxygens (including phenoxy) is 3. The van der Waals surface area contributed by atoms with Crippen molar-refractivity contribution in [3.63, 3.8) is 0 Å². The molecule has 0 aromatic heterocycles. The lowest BCUT2D eigenvalue weighted by atomic mass is 10.1. The van der Waals surface area contributed by atoms with Gasteiger partial charge in [-0.3, -0.25) is 9.59 Å². The minimum absolute atomic E-state index is 0.0249. The van der Waals surface area contributed by atoms with Crippen molar-refractivity contribution in [2.24, 2.45) is 0 Å². The summed E-state index contributed by atoms with van der Waals surface area (Å²) in [5.41, 5.74) is 0.0324. The van der Waals surface area contributed by atoms with Crippen LogP contribution in [-0.2, 0) is 9.53 Å². The Hall–Kier alpha value is -2.57. The molecule has 0 aliphatic carbocycles. The Morgan fingerprint density at radius 1 is 1.08 bits per heavy atom. The predicted octanol–water partition coefficient (Wildman–Crippen LogP) is 2.32. The van der Waals surface area contributed by atoms with Gasteiger partial charge in [-0.1, -0.05) is 0 Å². The molecule has 1 amide bonds. The van der Waals surface area contributed by atoms with Gasteiger partial charge in [0.1, 0.15) is 5.56 Å². The molecule has 0 fully saturated rings. The zero-order valence-electron chi connectivity index (χ0n) is 15.5. The number of rotatable bonds is 8. The van der Waals surface area contributed by atoms with Crippen LogP contribution in [0.15, 0.2) is 12.1 Å². The second kappa shape index (κ2) is 9.05. The molecule has 1 rings (SSSR count). The number of carbonyl (C=O) groups is 3. The Kier molecular flexibility index (Phi) is 7.42. The summed E-state index contributed by atoms with van der Waals surface area (Å²) in [6, 6.07) is 2.90. The first-order valence-electron chi connectivity index (χ1n) is 7.96. The van der Waals surface area contributed by atoms with Crippen molar-refractivity contribution >= 4 is 18.2 Å². The van der Waals surface area contributed by atoms with Crippen LogP contribution in [0.5, 0.6) is 11.5 Å². The van der Waals surface area contributed by atoms with Gasteiger partial charge in [-0.2, -0.15) is 0 Å². The van der Waals surface area contributed by atoms with Crippen molar-refractivity contribution in [3.05, 3.63) is 23.3 Å². The minimum Gasteiger partial charge on any atom is -0.493 e. The fourth-order valence-electron chi connectivity index (χ4n) is 2.70. The highest BCUT2D eigenvalue weighted by Crippen LogP contribution is 2.33. The van der Waals surface area contributed by atoms with Crippen molar-refractivity contribution < 1.29 is 28.6 Å². The van der Waals surface area contributed by atoms with Crippen molar-refractivity contribution in [1.29, 1.82) is 0 Å². The molecule has 0 unspecified atom stereocenters. The Balaban J connectivity index is 3.05. The summed E-state index contributed by atoms with van der Waals surface area (Å²) < 4.78 is 15.4. The molecule has 7 nitrogen and oxygen atoms in total. The summed E-state index contributed by atoms with van der Waals surface area (Å²) in [6.07, 6.45) is 0.523. The Labute approximate surface area is 147 Å². The Bertz CT molecular complexity index is 631. The van der Waals surface area contributed by atoms with Gasteiger partial charge in [0.05, 0.1) is 14.2 Å². The lowest BCUT2D eigenvalue weighted by Gasteiger charge is -2.30. The highest BCUT2D eigenvalue weighted by Gasteiger charge is 2.25. The van der Waals surface area contributed by atoms with E-state index >= 15 is 0 Å². The first-order chi connectivity index (χ1) is 11.8. The van der Waals surface area contributed by atoms with Crippen LogP contribution in [0.2, 0.25) is 0 Å². The van der Waals surface area contributed by atoms with Crippen LogP contribution >= 0.6 is 0 Å². The Morgan fingerprint density at radius 2 is 1.68 bits per heavy atom. The van der Waals surface area contributed by atoms with E-state index in [9.17, 15) is 14.4 Å². The van der Waals surface area contributed by atoms with E-state index in [1.54, 1.807) is 4.90 Å². The molecule has 0 spiro atoms. The SMILES string of the molecule is COc1ccc(C=O)c(C(=O)OCC(=O)N(C(C)C)C(C)C)c1OC. The number of aldehydes is 1. The van der Waals surface area contributed by atoms with Crippen molar-refractivity contribution in [1.82, 2.24) is 4.90 Å². The molecule has 0 saturated carbocycles. The molecule has 0 radical (unpaired) electrons. The molecular weight excluding hydrogens is 326 g/mol. The standard InChI is InChI=1S/C18H25NO6/c1-11(2)19(12(3)4)15(21)10-25-18(22)16-13(9-20)7-8-14(23-5)17(16)24-6/h7-9,11-12H,10H2,1-6H3. The van der Waals surface area contributed by atoms with Crippen LogP contribution in [0.1, 0.15) is 48.4 Å². The molecule has 138 valence electrons. The van der Waals surface area contributed by atoms with E-state index in [0.717, 1.165) is 0 Å². The monoisotopic (exact) mass is 351 g/mol. The number of amides is 1. The van der Waals surface area contributed by atoms with Crippen LogP contribution < -0.4 is 9.47 Å². The van der Waals surface area contributed by atoms with E-state index in [1.807, 2.05) is 27.7 Å². The second-order valence-electron chi connectivity index (χ2n) is 5.95. The summed E-state index contributed by atoms with van der Waals surface area (Å²) >= 11 is 0. The number of esters is 1. The molecular formula is C18H25NO6. The maximum Gasteiger partial charge on any atom is 0.343 e. The van der Waals surface area contributed by atoms with E-state index in [2.05, 4.69) is 0 Å². The third-order valence-corrected chi connectivity index (χ3v) is 3.64. The second-order valence-corrected chi connectivity index (χ2v) is 5.95. The quantitative estimate of drug-likeness (QED) is 0.528. The van der Waals surface area contributed by atoms with Gasteiger partial charge in [0.25, 0.3) is 5.91 Å². The molecule has 0 aliphatic rings. The minimum atomic E-state index is -0.821. The van der Waals surface area contributed by atoms with Crippen LogP contribution in [0.4, 0.5) is 0 Å². The fourth-order valence-corrected chi connectivity index (χ4v) is 2.70. The summed E-state index contributed by atoms with van der Waals surface area (Å²) in [5.74, 6) is -0.752. The predicted molar refractivity (Wildman–Crippen MR) is 92.3 cm³/mol. The molecule has 0 bridgehead atoms. The highest BCUT2D eigenvalue weighted by atomic mass is 16.5. The van der Waals surface area contributed by atoms with Crippen molar-refractivity contribution in [3.8, 4) is 11.5 Å². The molecule has 1 aromatic carbocycles. The largest absolute Gasteiger partial charge is 0.493 e. The summed E-state index contributed by atoms with van der Waals surface area (Å²) in [5, 5.41) is 0. The number of hydrogen-bond donors (Lipinski definition) is 0. The number of methoxy groups -OCH3 is 2. The van der Waals surface area contributed by atoms with E-state index in [0.29, 0.717) is 6.29 Å². The Morgan fingerprint density at radius 3 is 2.12 bits per heavy atom. The lowest BCUT2D eigenvalue weighted by Crippen LogP contribution is -2.44. The molecule has 0 saturated heterocycles. The molecule has 0 atom stereocenters. The van der Waals surface area contributed by atoms with Gasteiger partial charge < -0.3 is 19.1 Å². The maximum atomic E-state index is 12.5. The van der Waals surface area contributed by atoms with Gasteiger partial charge in [0, 0.05) is 17.6 Å². The zero-order chi connectivity index (χ0) is 19.1. The molecule has 7 heteroatoms. The third kappa shape index (κ3) is 4.71. The van der Waals surface area contributed by atoms with Crippen LogP contribution in [0.3, 0.4) is 0 Å². The van der Waals surface area contributed by atoms with Gasteiger partial charge >= 0.3 is 5.97 Å². The van der Waals surface area contributed by atoms with Gasteiger partial charge in [-0.05, 0) is 39.8 Å². The topological polar surface area (TPSA) is 82.1 Å². The maximum absolute atomic E-state index is 12.5. The number of hydrogen-bond acceptors (Lipinski definition) is 6. The van der Waals surface area contributed by atoms with Gasteiger partial charge in [0.15, 0.2) is 24.4 Å². The van der Waals surface area contributed by atoms with Gasteiger partial charge in [-0.15, -0.1) is 0 Å². The fraction of sp³-hybridized carbons (Fsp3) is 0.500. The molecule has 0 N–H and O–H groups in total. The van der Waals surface area contributed by atoms with E-state index in [4.69, 9.17) is 14.2 Å². The number of nitrogens with zero attached hydrogens (tertiary/aromatic N) is 1. The van der Waals surface area contributed by atoms with Crippen LogP contribution in [0, 0.1) is 0 Å². The van der Waals surface area contributed by atoms with Crippen molar-refractivity contribution in [2.75, 3.05) is 20.8 Å². The molecule has 0 aliphatic heterocycles.